The minimum Gasteiger partial charge on any atom is -0.384 e. The van der Waals surface area contributed by atoms with E-state index in [0.717, 1.165) is 12.1 Å². The van der Waals surface area contributed by atoms with Crippen LogP contribution in [-0.2, 0) is 23.5 Å². The van der Waals surface area contributed by atoms with Crippen molar-refractivity contribution in [2.75, 3.05) is 26.0 Å². The van der Waals surface area contributed by atoms with Crippen LogP contribution in [0.15, 0.2) is 41.4 Å². The molecule has 2 rings (SSSR count). The highest BCUT2D eigenvalue weighted by Gasteiger charge is 2.20. The van der Waals surface area contributed by atoms with Gasteiger partial charge in [-0.1, -0.05) is 12.1 Å². The molecule has 0 amide bonds. The fraction of sp³-hybridized carbons (Fsp3) is 0.357. The molecule has 0 saturated heterocycles. The highest BCUT2D eigenvalue weighted by atomic mass is 32.2. The third-order valence-electron chi connectivity index (χ3n) is 3.26. The van der Waals surface area contributed by atoms with Crippen LogP contribution < -0.4 is 5.32 Å². The summed E-state index contributed by atoms with van der Waals surface area (Å²) >= 11 is 0. The van der Waals surface area contributed by atoms with Gasteiger partial charge in [0.1, 0.15) is 4.90 Å². The Morgan fingerprint density at radius 3 is 2.57 bits per heavy atom. The van der Waals surface area contributed by atoms with Gasteiger partial charge in [0.2, 0.25) is 10.0 Å². The van der Waals surface area contributed by atoms with Crippen molar-refractivity contribution >= 4 is 15.7 Å². The van der Waals surface area contributed by atoms with Crippen molar-refractivity contribution < 1.29 is 8.42 Å². The van der Waals surface area contributed by atoms with Gasteiger partial charge in [0.15, 0.2) is 0 Å². The van der Waals surface area contributed by atoms with Gasteiger partial charge >= 0.3 is 0 Å². The summed E-state index contributed by atoms with van der Waals surface area (Å²) < 4.78 is 27.6. The number of hydrogen-bond acceptors (Lipinski definition) is 4. The molecule has 21 heavy (non-hydrogen) atoms. The molecule has 0 bridgehead atoms. The van der Waals surface area contributed by atoms with Crippen LogP contribution >= 0.6 is 0 Å². The summed E-state index contributed by atoms with van der Waals surface area (Å²) in [5, 5.41) is 7.30. The molecule has 0 radical (unpaired) electrons. The lowest BCUT2D eigenvalue weighted by Gasteiger charge is -2.16. The zero-order chi connectivity index (χ0) is 15.5. The summed E-state index contributed by atoms with van der Waals surface area (Å²) in [6.45, 7) is 0.638. The van der Waals surface area contributed by atoms with Crippen molar-refractivity contribution in [1.82, 2.24) is 14.1 Å². The highest BCUT2D eigenvalue weighted by molar-refractivity contribution is 7.89. The SMILES string of the molecule is CN(C)S(=O)(=O)c1ccccc1NCCc1ccnn1C. The second-order valence-corrected chi connectivity index (χ2v) is 7.03. The van der Waals surface area contributed by atoms with Gasteiger partial charge in [-0.05, 0) is 18.2 Å². The molecule has 1 heterocycles. The molecule has 0 fully saturated rings. The van der Waals surface area contributed by atoms with Gasteiger partial charge in [0, 0.05) is 46.0 Å². The topological polar surface area (TPSA) is 67.2 Å². The Morgan fingerprint density at radius 2 is 1.95 bits per heavy atom. The molecular formula is C14H20N4O2S. The van der Waals surface area contributed by atoms with Gasteiger partial charge in [0.25, 0.3) is 0 Å². The molecular weight excluding hydrogens is 288 g/mol. The monoisotopic (exact) mass is 308 g/mol. The third kappa shape index (κ3) is 3.43. The molecule has 0 atom stereocenters. The lowest BCUT2D eigenvalue weighted by molar-refractivity contribution is 0.521. The largest absolute Gasteiger partial charge is 0.384 e. The van der Waals surface area contributed by atoms with Crippen LogP contribution in [0.4, 0.5) is 5.69 Å². The lowest BCUT2D eigenvalue weighted by atomic mass is 10.3. The molecule has 1 aromatic heterocycles. The number of aromatic nitrogens is 2. The number of hydrogen-bond donors (Lipinski definition) is 1. The molecule has 0 saturated carbocycles. The highest BCUT2D eigenvalue weighted by Crippen LogP contribution is 2.22. The van der Waals surface area contributed by atoms with Crippen molar-refractivity contribution in [3.8, 4) is 0 Å². The van der Waals surface area contributed by atoms with Crippen LogP contribution in [0.2, 0.25) is 0 Å². The lowest BCUT2D eigenvalue weighted by Crippen LogP contribution is -2.23. The maximum atomic E-state index is 12.3. The van der Waals surface area contributed by atoms with Gasteiger partial charge in [-0.2, -0.15) is 5.10 Å². The van der Waals surface area contributed by atoms with E-state index in [1.54, 1.807) is 24.4 Å². The molecule has 0 aliphatic heterocycles. The number of nitrogens with zero attached hydrogens (tertiary/aromatic N) is 3. The fourth-order valence-electron chi connectivity index (χ4n) is 2.01. The first kappa shape index (κ1) is 15.5. The van der Waals surface area contributed by atoms with E-state index in [4.69, 9.17) is 0 Å². The fourth-order valence-corrected chi connectivity index (χ4v) is 3.07. The maximum absolute atomic E-state index is 12.3. The van der Waals surface area contributed by atoms with Crippen LogP contribution in [0.5, 0.6) is 0 Å². The normalized spacial score (nSPS) is 11.8. The zero-order valence-electron chi connectivity index (χ0n) is 12.4. The minimum atomic E-state index is -3.45. The average molecular weight is 308 g/mol. The van der Waals surface area contributed by atoms with Crippen molar-refractivity contribution in [3.05, 3.63) is 42.2 Å². The number of rotatable bonds is 6. The van der Waals surface area contributed by atoms with Crippen LogP contribution in [0.1, 0.15) is 5.69 Å². The van der Waals surface area contributed by atoms with Gasteiger partial charge in [-0.25, -0.2) is 12.7 Å². The van der Waals surface area contributed by atoms with Crippen LogP contribution in [0.25, 0.3) is 0 Å². The summed E-state index contributed by atoms with van der Waals surface area (Å²) in [4.78, 5) is 0.292. The van der Waals surface area contributed by atoms with Gasteiger partial charge < -0.3 is 5.32 Å². The van der Waals surface area contributed by atoms with Crippen molar-refractivity contribution in [3.63, 3.8) is 0 Å². The van der Waals surface area contributed by atoms with Crippen LogP contribution in [0, 0.1) is 0 Å². The van der Waals surface area contributed by atoms with Crippen molar-refractivity contribution in [1.29, 1.82) is 0 Å². The molecule has 7 heteroatoms. The quantitative estimate of drug-likeness (QED) is 0.874. The van der Waals surface area contributed by atoms with E-state index >= 15 is 0 Å². The molecule has 1 aromatic carbocycles. The van der Waals surface area contributed by atoms with E-state index in [-0.39, 0.29) is 0 Å². The van der Waals surface area contributed by atoms with E-state index in [2.05, 4.69) is 10.4 Å². The van der Waals surface area contributed by atoms with Gasteiger partial charge in [-0.3, -0.25) is 4.68 Å². The Labute approximate surface area is 125 Å². The Balaban J connectivity index is 2.13. The minimum absolute atomic E-state index is 0.292. The molecule has 114 valence electrons. The van der Waals surface area contributed by atoms with Crippen molar-refractivity contribution in [2.24, 2.45) is 7.05 Å². The van der Waals surface area contributed by atoms with Gasteiger partial charge in [-0.15, -0.1) is 0 Å². The number of aryl methyl sites for hydroxylation is 1. The first-order valence-corrected chi connectivity index (χ1v) is 8.09. The summed E-state index contributed by atoms with van der Waals surface area (Å²) in [6.07, 6.45) is 2.52. The molecule has 6 nitrogen and oxygen atoms in total. The summed E-state index contributed by atoms with van der Waals surface area (Å²) in [5.74, 6) is 0. The molecule has 0 spiro atoms. The van der Waals surface area contributed by atoms with E-state index in [1.807, 2.05) is 23.9 Å². The Kier molecular flexibility index (Phi) is 4.64. The van der Waals surface area contributed by atoms with E-state index in [9.17, 15) is 8.42 Å². The molecule has 0 aliphatic rings. The predicted octanol–water partition coefficient (Wildman–Crippen LogP) is 1.32. The van der Waals surface area contributed by atoms with Crippen LogP contribution in [-0.4, -0.2) is 43.1 Å². The first-order valence-electron chi connectivity index (χ1n) is 6.65. The van der Waals surface area contributed by atoms with E-state index < -0.39 is 10.0 Å². The number of para-hydroxylation sites is 1. The maximum Gasteiger partial charge on any atom is 0.244 e. The number of anilines is 1. The predicted molar refractivity (Wildman–Crippen MR) is 82.7 cm³/mol. The standard InChI is InChI=1S/C14H20N4O2S/c1-17(2)21(19,20)14-7-5-4-6-13(14)15-10-8-12-9-11-16-18(12)3/h4-7,9,11,15H,8,10H2,1-3H3. The molecule has 1 N–H and O–H groups in total. The summed E-state index contributed by atoms with van der Waals surface area (Å²) in [6, 6.07) is 8.88. The Bertz CT molecular complexity index is 707. The number of benzene rings is 1. The second kappa shape index (κ2) is 6.28. The summed E-state index contributed by atoms with van der Waals surface area (Å²) in [5.41, 5.74) is 1.71. The number of nitrogens with one attached hydrogen (secondary N) is 1. The van der Waals surface area contributed by atoms with E-state index in [1.165, 1.54) is 18.4 Å². The van der Waals surface area contributed by atoms with E-state index in [0.29, 0.717) is 17.1 Å². The van der Waals surface area contributed by atoms with Crippen LogP contribution in [0.3, 0.4) is 0 Å². The molecule has 2 aromatic rings. The molecule has 0 unspecified atom stereocenters. The smallest absolute Gasteiger partial charge is 0.244 e. The summed E-state index contributed by atoms with van der Waals surface area (Å²) in [7, 11) is 1.50. The second-order valence-electron chi connectivity index (χ2n) is 4.91. The van der Waals surface area contributed by atoms with Gasteiger partial charge in [0.05, 0.1) is 5.69 Å². The van der Waals surface area contributed by atoms with Crippen molar-refractivity contribution in [2.45, 2.75) is 11.3 Å². The Morgan fingerprint density at radius 1 is 1.24 bits per heavy atom. The number of sulfonamides is 1. The average Bonchev–Trinajstić information content (AvgIpc) is 2.85. The zero-order valence-corrected chi connectivity index (χ0v) is 13.3. The first-order chi connectivity index (χ1) is 9.93. The Hall–Kier alpha value is -1.86. The molecule has 0 aliphatic carbocycles. The third-order valence-corrected chi connectivity index (χ3v) is 5.14.